The molecule has 0 saturated heterocycles. The van der Waals surface area contributed by atoms with Crippen LogP contribution in [0, 0.1) is 6.92 Å². The molecule has 0 aromatic heterocycles. The lowest BCUT2D eigenvalue weighted by Crippen LogP contribution is -2.25. The Labute approximate surface area is 204 Å². The van der Waals surface area contributed by atoms with Gasteiger partial charge in [0, 0.05) is 24.9 Å². The van der Waals surface area contributed by atoms with E-state index in [4.69, 9.17) is 0 Å². The van der Waals surface area contributed by atoms with Gasteiger partial charge < -0.3 is 5.32 Å². The molecule has 2 amide bonds. The molecule has 0 bridgehead atoms. The number of carbonyl (C=O) groups excluding carboxylic acids is 2. The lowest BCUT2D eigenvalue weighted by molar-refractivity contribution is -0.132. The number of amides is 2. The molecular formula is C26H26N4O4S. The molecule has 3 aromatic carbocycles. The molecule has 0 radical (unpaired) electrons. The molecule has 8 nitrogen and oxygen atoms in total. The van der Waals surface area contributed by atoms with Crippen molar-refractivity contribution < 1.29 is 18.0 Å². The minimum atomic E-state index is -3.76. The maximum atomic E-state index is 12.7. The molecule has 35 heavy (non-hydrogen) atoms. The molecule has 1 aliphatic heterocycles. The van der Waals surface area contributed by atoms with E-state index in [1.807, 2.05) is 30.3 Å². The summed E-state index contributed by atoms with van der Waals surface area (Å²) < 4.78 is 27.9. The first kappa shape index (κ1) is 24.2. The fraction of sp³-hybridized carbons (Fsp3) is 0.192. The normalized spacial score (nSPS) is 13.3. The fourth-order valence-corrected chi connectivity index (χ4v) is 4.80. The van der Waals surface area contributed by atoms with Gasteiger partial charge in [-0.1, -0.05) is 54.6 Å². The number of hydrogen-bond acceptors (Lipinski definition) is 5. The van der Waals surface area contributed by atoms with Crippen molar-refractivity contribution >= 4 is 38.9 Å². The first-order valence-electron chi connectivity index (χ1n) is 11.2. The van der Waals surface area contributed by atoms with Crippen molar-refractivity contribution in [1.82, 2.24) is 5.01 Å². The van der Waals surface area contributed by atoms with Crippen LogP contribution in [0.1, 0.15) is 30.4 Å². The molecule has 9 heteroatoms. The van der Waals surface area contributed by atoms with Crippen LogP contribution in [0.3, 0.4) is 0 Å². The fourth-order valence-electron chi connectivity index (χ4n) is 3.66. The third kappa shape index (κ3) is 6.13. The molecule has 0 unspecified atom stereocenters. The van der Waals surface area contributed by atoms with Crippen LogP contribution >= 0.6 is 0 Å². The van der Waals surface area contributed by atoms with E-state index in [0.29, 0.717) is 29.9 Å². The Morgan fingerprint density at radius 3 is 2.34 bits per heavy atom. The van der Waals surface area contributed by atoms with Crippen molar-refractivity contribution in [3.8, 4) is 0 Å². The van der Waals surface area contributed by atoms with E-state index in [1.165, 1.54) is 17.1 Å². The second-order valence-electron chi connectivity index (χ2n) is 8.18. The summed E-state index contributed by atoms with van der Waals surface area (Å²) in [5.74, 6) is -0.558. The molecule has 0 spiro atoms. The Balaban J connectivity index is 1.34. The molecule has 4 rings (SSSR count). The van der Waals surface area contributed by atoms with Gasteiger partial charge in [0.1, 0.15) is 0 Å². The van der Waals surface area contributed by atoms with Crippen molar-refractivity contribution in [2.24, 2.45) is 5.10 Å². The maximum absolute atomic E-state index is 12.7. The number of benzene rings is 3. The number of sulfonamides is 1. The van der Waals surface area contributed by atoms with Crippen molar-refractivity contribution in [3.63, 3.8) is 0 Å². The second kappa shape index (κ2) is 10.5. The Kier molecular flexibility index (Phi) is 7.26. The van der Waals surface area contributed by atoms with Gasteiger partial charge in [-0.05, 0) is 42.3 Å². The number of anilines is 2. The predicted octanol–water partition coefficient (Wildman–Crippen LogP) is 4.15. The molecule has 0 aliphatic carbocycles. The number of carbonyl (C=O) groups is 2. The highest BCUT2D eigenvalue weighted by Gasteiger charge is 2.22. The molecule has 1 heterocycles. The standard InChI is InChI=1S/C26H26N4O4S/c1-19-12-13-21(18-24(19)29-35(33,34)22-10-6-3-7-11-22)27-25(31)14-15-26(32)30-17-16-23(28-30)20-8-4-2-5-9-20/h2-13,18,29H,14-17H2,1H3,(H,27,31). The third-order valence-electron chi connectivity index (χ3n) is 5.58. The number of nitrogens with zero attached hydrogens (tertiary/aromatic N) is 2. The van der Waals surface area contributed by atoms with Crippen LogP contribution in [0.15, 0.2) is 88.9 Å². The van der Waals surface area contributed by atoms with Crippen LogP contribution in [0.25, 0.3) is 0 Å². The van der Waals surface area contributed by atoms with Crippen LogP contribution in [0.5, 0.6) is 0 Å². The Hall–Kier alpha value is -3.98. The third-order valence-corrected chi connectivity index (χ3v) is 6.96. The van der Waals surface area contributed by atoms with Crippen LogP contribution < -0.4 is 10.0 Å². The Bertz CT molecular complexity index is 1360. The lowest BCUT2D eigenvalue weighted by Gasteiger charge is -2.14. The largest absolute Gasteiger partial charge is 0.326 e. The minimum Gasteiger partial charge on any atom is -0.326 e. The van der Waals surface area contributed by atoms with Crippen LogP contribution in [-0.4, -0.2) is 37.5 Å². The lowest BCUT2D eigenvalue weighted by atomic mass is 10.1. The topological polar surface area (TPSA) is 108 Å². The van der Waals surface area contributed by atoms with E-state index >= 15 is 0 Å². The summed E-state index contributed by atoms with van der Waals surface area (Å²) in [6.45, 7) is 2.26. The van der Waals surface area contributed by atoms with E-state index in [9.17, 15) is 18.0 Å². The van der Waals surface area contributed by atoms with Gasteiger partial charge in [0.25, 0.3) is 10.0 Å². The van der Waals surface area contributed by atoms with Gasteiger partial charge in [-0.3, -0.25) is 14.3 Å². The van der Waals surface area contributed by atoms with Crippen LogP contribution in [0.4, 0.5) is 11.4 Å². The first-order chi connectivity index (χ1) is 16.8. The zero-order valence-corrected chi connectivity index (χ0v) is 20.1. The van der Waals surface area contributed by atoms with Crippen LogP contribution in [-0.2, 0) is 19.6 Å². The molecule has 180 valence electrons. The van der Waals surface area contributed by atoms with E-state index in [1.54, 1.807) is 43.3 Å². The average molecular weight is 491 g/mol. The van der Waals surface area contributed by atoms with E-state index in [2.05, 4.69) is 15.1 Å². The number of rotatable bonds is 8. The molecule has 0 atom stereocenters. The zero-order valence-electron chi connectivity index (χ0n) is 19.3. The summed E-state index contributed by atoms with van der Waals surface area (Å²) in [4.78, 5) is 25.1. The minimum absolute atomic E-state index is 0.00945. The number of aryl methyl sites for hydroxylation is 1. The van der Waals surface area contributed by atoms with E-state index < -0.39 is 10.0 Å². The number of hydrogen-bond donors (Lipinski definition) is 2. The van der Waals surface area contributed by atoms with Gasteiger partial charge in [0.2, 0.25) is 11.8 Å². The number of nitrogens with one attached hydrogen (secondary N) is 2. The van der Waals surface area contributed by atoms with Crippen molar-refractivity contribution in [3.05, 3.63) is 90.0 Å². The monoisotopic (exact) mass is 490 g/mol. The SMILES string of the molecule is Cc1ccc(NC(=O)CCC(=O)N2CCC(c3ccccc3)=N2)cc1NS(=O)(=O)c1ccccc1. The van der Waals surface area contributed by atoms with Gasteiger partial charge in [-0.2, -0.15) is 5.10 Å². The van der Waals surface area contributed by atoms with Gasteiger partial charge in [0.05, 0.1) is 22.8 Å². The van der Waals surface area contributed by atoms with Crippen molar-refractivity contribution in [1.29, 1.82) is 0 Å². The predicted molar refractivity (Wildman–Crippen MR) is 136 cm³/mol. The zero-order chi connectivity index (χ0) is 24.8. The molecule has 3 aromatic rings. The summed E-state index contributed by atoms with van der Waals surface area (Å²) in [5.41, 5.74) is 3.35. The molecule has 2 N–H and O–H groups in total. The number of hydrazone groups is 1. The summed E-state index contributed by atoms with van der Waals surface area (Å²) in [7, 11) is -3.76. The summed E-state index contributed by atoms with van der Waals surface area (Å²) >= 11 is 0. The summed E-state index contributed by atoms with van der Waals surface area (Å²) in [5, 5.41) is 8.55. The van der Waals surface area contributed by atoms with Gasteiger partial charge in [0.15, 0.2) is 0 Å². The molecule has 0 saturated carbocycles. The highest BCUT2D eigenvalue weighted by Crippen LogP contribution is 2.24. The highest BCUT2D eigenvalue weighted by atomic mass is 32.2. The van der Waals surface area contributed by atoms with E-state index in [-0.39, 0.29) is 29.6 Å². The Morgan fingerprint density at radius 1 is 0.943 bits per heavy atom. The smallest absolute Gasteiger partial charge is 0.261 e. The maximum Gasteiger partial charge on any atom is 0.261 e. The van der Waals surface area contributed by atoms with E-state index in [0.717, 1.165) is 11.3 Å². The summed E-state index contributed by atoms with van der Waals surface area (Å²) in [6.07, 6.45) is 0.689. The highest BCUT2D eigenvalue weighted by molar-refractivity contribution is 7.92. The van der Waals surface area contributed by atoms with Gasteiger partial charge >= 0.3 is 0 Å². The molecular weight excluding hydrogens is 464 g/mol. The average Bonchev–Trinajstić information content (AvgIpc) is 3.36. The van der Waals surface area contributed by atoms with Crippen LogP contribution in [0.2, 0.25) is 0 Å². The quantitative estimate of drug-likeness (QED) is 0.494. The van der Waals surface area contributed by atoms with Crippen molar-refractivity contribution in [2.45, 2.75) is 31.1 Å². The van der Waals surface area contributed by atoms with Gasteiger partial charge in [-0.15, -0.1) is 0 Å². The molecule has 0 fully saturated rings. The summed E-state index contributed by atoms with van der Waals surface area (Å²) in [6, 6.07) is 22.7. The van der Waals surface area contributed by atoms with Crippen molar-refractivity contribution in [2.75, 3.05) is 16.6 Å². The molecule has 1 aliphatic rings. The first-order valence-corrected chi connectivity index (χ1v) is 12.7. The second-order valence-corrected chi connectivity index (χ2v) is 9.86. The Morgan fingerprint density at radius 2 is 1.63 bits per heavy atom. The van der Waals surface area contributed by atoms with Gasteiger partial charge in [-0.25, -0.2) is 13.4 Å².